The van der Waals surface area contributed by atoms with Gasteiger partial charge in [-0.2, -0.15) is 0 Å². The third-order valence-electron chi connectivity index (χ3n) is 2.05. The van der Waals surface area contributed by atoms with E-state index in [1.165, 1.54) is 0 Å². The summed E-state index contributed by atoms with van der Waals surface area (Å²) in [5.74, 6) is 0.873. The molecule has 0 spiro atoms. The van der Waals surface area contributed by atoms with Crippen LogP contribution >= 0.6 is 0 Å². The number of hydrogen-bond acceptors (Lipinski definition) is 3. The molecule has 2 heterocycles. The van der Waals surface area contributed by atoms with Crippen molar-refractivity contribution in [2.45, 2.75) is 20.3 Å². The smallest absolute Gasteiger partial charge is 0.141 e. The molecule has 0 aromatic carbocycles. The predicted molar refractivity (Wildman–Crippen MR) is 53.3 cm³/mol. The molecule has 14 heavy (non-hydrogen) atoms. The fourth-order valence-electron chi connectivity index (χ4n) is 1.27. The lowest BCUT2D eigenvalue weighted by atomic mass is 10.3. The molecule has 72 valence electrons. The Kier molecular flexibility index (Phi) is 2.26. The second-order valence-corrected chi connectivity index (χ2v) is 3.14. The van der Waals surface area contributed by atoms with Gasteiger partial charge in [0.1, 0.15) is 18.5 Å². The highest BCUT2D eigenvalue weighted by molar-refractivity contribution is 5.24. The fraction of sp³-hybridized carbons (Fsp3) is 0.300. The zero-order valence-corrected chi connectivity index (χ0v) is 8.31. The summed E-state index contributed by atoms with van der Waals surface area (Å²) in [4.78, 5) is 12.5. The number of aryl methyl sites for hydroxylation is 2. The van der Waals surface area contributed by atoms with E-state index < -0.39 is 0 Å². The van der Waals surface area contributed by atoms with Crippen molar-refractivity contribution in [2.75, 3.05) is 0 Å². The molecule has 0 saturated carbocycles. The predicted octanol–water partition coefficient (Wildman–Crippen LogP) is 1.53. The van der Waals surface area contributed by atoms with E-state index in [9.17, 15) is 0 Å². The Bertz CT molecular complexity index is 433. The van der Waals surface area contributed by atoms with E-state index in [4.69, 9.17) is 0 Å². The van der Waals surface area contributed by atoms with Crippen LogP contribution in [-0.2, 0) is 6.42 Å². The number of nitrogens with zero attached hydrogens (tertiary/aromatic N) is 4. The highest BCUT2D eigenvalue weighted by Gasteiger charge is 2.00. The Balaban J connectivity index is 2.41. The summed E-state index contributed by atoms with van der Waals surface area (Å²) < 4.78 is 1.90. The van der Waals surface area contributed by atoms with E-state index in [2.05, 4.69) is 21.9 Å². The maximum atomic E-state index is 4.18. The summed E-state index contributed by atoms with van der Waals surface area (Å²) in [6.45, 7) is 4.03. The van der Waals surface area contributed by atoms with Crippen molar-refractivity contribution in [2.24, 2.45) is 0 Å². The minimum absolute atomic E-state index is 0.873. The van der Waals surface area contributed by atoms with E-state index in [0.717, 1.165) is 23.6 Å². The molecule has 0 saturated heterocycles. The fourth-order valence-corrected chi connectivity index (χ4v) is 1.27. The van der Waals surface area contributed by atoms with E-state index >= 15 is 0 Å². The van der Waals surface area contributed by atoms with E-state index in [1.807, 2.05) is 23.8 Å². The maximum absolute atomic E-state index is 4.18. The third kappa shape index (κ3) is 1.64. The van der Waals surface area contributed by atoms with E-state index in [-0.39, 0.29) is 0 Å². The topological polar surface area (TPSA) is 43.6 Å². The van der Waals surface area contributed by atoms with Gasteiger partial charge in [-0.1, -0.05) is 6.92 Å². The van der Waals surface area contributed by atoms with Crippen molar-refractivity contribution in [3.63, 3.8) is 0 Å². The van der Waals surface area contributed by atoms with Gasteiger partial charge in [-0.05, 0) is 13.3 Å². The van der Waals surface area contributed by atoms with E-state index in [0.29, 0.717) is 0 Å². The third-order valence-corrected chi connectivity index (χ3v) is 2.05. The Labute approximate surface area is 82.7 Å². The molecule has 4 heteroatoms. The summed E-state index contributed by atoms with van der Waals surface area (Å²) in [7, 11) is 0. The maximum Gasteiger partial charge on any atom is 0.141 e. The molecule has 0 unspecified atom stereocenters. The largest absolute Gasteiger partial charge is 0.290 e. The first-order valence-corrected chi connectivity index (χ1v) is 4.61. The van der Waals surface area contributed by atoms with Crippen LogP contribution in [0, 0.1) is 6.92 Å². The van der Waals surface area contributed by atoms with Crippen LogP contribution in [0.25, 0.3) is 5.82 Å². The van der Waals surface area contributed by atoms with Gasteiger partial charge in [0.05, 0.1) is 5.69 Å². The quantitative estimate of drug-likeness (QED) is 0.717. The monoisotopic (exact) mass is 188 g/mol. The summed E-state index contributed by atoms with van der Waals surface area (Å²) in [5.41, 5.74) is 2.03. The Morgan fingerprint density at radius 2 is 2.14 bits per heavy atom. The minimum Gasteiger partial charge on any atom is -0.290 e. The molecule has 2 aromatic heterocycles. The first-order valence-electron chi connectivity index (χ1n) is 4.61. The van der Waals surface area contributed by atoms with Gasteiger partial charge in [-0.15, -0.1) is 0 Å². The summed E-state index contributed by atoms with van der Waals surface area (Å²) in [5, 5.41) is 0. The molecule has 4 nitrogen and oxygen atoms in total. The van der Waals surface area contributed by atoms with Crippen LogP contribution in [0.15, 0.2) is 24.9 Å². The van der Waals surface area contributed by atoms with Crippen LogP contribution in [0.5, 0.6) is 0 Å². The number of hydrogen-bond donors (Lipinski definition) is 0. The van der Waals surface area contributed by atoms with Crippen molar-refractivity contribution in [3.05, 3.63) is 36.3 Å². The van der Waals surface area contributed by atoms with Gasteiger partial charge in [0, 0.05) is 18.0 Å². The molecule has 0 aliphatic heterocycles. The van der Waals surface area contributed by atoms with Crippen molar-refractivity contribution in [3.8, 4) is 5.82 Å². The van der Waals surface area contributed by atoms with Crippen LogP contribution < -0.4 is 0 Å². The lowest BCUT2D eigenvalue weighted by Crippen LogP contribution is -1.97. The standard InChI is InChI=1S/C10H12N4/c1-3-9-4-10(12-6-11-9)14-5-8(2)13-7-14/h4-7H,3H2,1-2H3. The number of imidazole rings is 1. The normalized spacial score (nSPS) is 10.4. The second kappa shape index (κ2) is 3.57. The van der Waals surface area contributed by atoms with Crippen molar-refractivity contribution < 1.29 is 0 Å². The Morgan fingerprint density at radius 1 is 1.29 bits per heavy atom. The zero-order chi connectivity index (χ0) is 9.97. The van der Waals surface area contributed by atoms with Crippen LogP contribution in [0.2, 0.25) is 0 Å². The molecule has 0 amide bonds. The van der Waals surface area contributed by atoms with Gasteiger partial charge >= 0.3 is 0 Å². The van der Waals surface area contributed by atoms with Gasteiger partial charge in [0.25, 0.3) is 0 Å². The highest BCUT2D eigenvalue weighted by Crippen LogP contribution is 2.06. The van der Waals surface area contributed by atoms with Gasteiger partial charge < -0.3 is 0 Å². The van der Waals surface area contributed by atoms with Crippen LogP contribution in [0.1, 0.15) is 18.3 Å². The first kappa shape index (κ1) is 8.87. The molecule has 2 rings (SSSR count). The summed E-state index contributed by atoms with van der Waals surface area (Å²) in [6, 6.07) is 1.97. The van der Waals surface area contributed by atoms with Gasteiger partial charge in [0.2, 0.25) is 0 Å². The lowest BCUT2D eigenvalue weighted by Gasteiger charge is -2.01. The summed E-state index contributed by atoms with van der Waals surface area (Å²) >= 11 is 0. The van der Waals surface area contributed by atoms with Crippen molar-refractivity contribution in [1.82, 2.24) is 19.5 Å². The molecule has 0 radical (unpaired) electrons. The highest BCUT2D eigenvalue weighted by atomic mass is 15.1. The molecule has 0 bridgehead atoms. The molecule has 0 fully saturated rings. The Morgan fingerprint density at radius 3 is 2.79 bits per heavy atom. The van der Waals surface area contributed by atoms with E-state index in [1.54, 1.807) is 12.7 Å². The lowest BCUT2D eigenvalue weighted by molar-refractivity contribution is 0.927. The molecule has 0 aliphatic carbocycles. The molecule has 0 atom stereocenters. The number of aromatic nitrogens is 4. The molecule has 0 N–H and O–H groups in total. The average molecular weight is 188 g/mol. The van der Waals surface area contributed by atoms with Crippen LogP contribution in [-0.4, -0.2) is 19.5 Å². The van der Waals surface area contributed by atoms with Gasteiger partial charge in [-0.25, -0.2) is 15.0 Å². The number of rotatable bonds is 2. The molecule has 0 aliphatic rings. The molecular formula is C10H12N4. The van der Waals surface area contributed by atoms with Crippen LogP contribution in [0.3, 0.4) is 0 Å². The average Bonchev–Trinajstić information content (AvgIpc) is 2.65. The van der Waals surface area contributed by atoms with Crippen molar-refractivity contribution in [1.29, 1.82) is 0 Å². The molecular weight excluding hydrogens is 176 g/mol. The van der Waals surface area contributed by atoms with Gasteiger partial charge in [-0.3, -0.25) is 4.57 Å². The van der Waals surface area contributed by atoms with Gasteiger partial charge in [0.15, 0.2) is 0 Å². The second-order valence-electron chi connectivity index (χ2n) is 3.14. The van der Waals surface area contributed by atoms with Crippen molar-refractivity contribution >= 4 is 0 Å². The summed E-state index contributed by atoms with van der Waals surface area (Å²) in [6.07, 6.45) is 6.21. The Hall–Kier alpha value is -1.71. The first-order chi connectivity index (χ1) is 6.79. The SMILES string of the molecule is CCc1cc(-n2cnc(C)c2)ncn1. The molecule has 2 aromatic rings. The van der Waals surface area contributed by atoms with Crippen LogP contribution in [0.4, 0.5) is 0 Å². The minimum atomic E-state index is 0.873. The zero-order valence-electron chi connectivity index (χ0n) is 8.31.